The minimum atomic E-state index is -3.21. The van der Waals surface area contributed by atoms with Crippen LogP contribution in [0.3, 0.4) is 0 Å². The lowest BCUT2D eigenvalue weighted by Crippen LogP contribution is -2.44. The van der Waals surface area contributed by atoms with E-state index in [1.807, 2.05) is 13.8 Å². The number of sulfonamides is 1. The van der Waals surface area contributed by atoms with E-state index < -0.39 is 10.0 Å². The molecule has 0 spiro atoms. The van der Waals surface area contributed by atoms with Gasteiger partial charge in [0.25, 0.3) is 0 Å². The minimum Gasteiger partial charge on any atom is -0.313 e. The van der Waals surface area contributed by atoms with Gasteiger partial charge in [0.1, 0.15) is 0 Å². The predicted molar refractivity (Wildman–Crippen MR) is 80.7 cm³/mol. The highest BCUT2D eigenvalue weighted by molar-refractivity contribution is 7.90. The molecule has 1 atom stereocenters. The van der Waals surface area contributed by atoms with Crippen LogP contribution in [0.4, 0.5) is 0 Å². The zero-order chi connectivity index (χ0) is 14.5. The molecule has 1 aliphatic carbocycles. The summed E-state index contributed by atoms with van der Waals surface area (Å²) in [4.78, 5) is 0. The lowest BCUT2D eigenvalue weighted by atomic mass is 9.76. The van der Waals surface area contributed by atoms with Crippen molar-refractivity contribution in [3.63, 3.8) is 0 Å². The highest BCUT2D eigenvalue weighted by Crippen LogP contribution is 2.35. The van der Waals surface area contributed by atoms with Gasteiger partial charge in [-0.2, -0.15) is 0 Å². The Morgan fingerprint density at radius 3 is 2.21 bits per heavy atom. The van der Waals surface area contributed by atoms with Crippen LogP contribution in [0.1, 0.15) is 59.8 Å². The third kappa shape index (κ3) is 5.79. The van der Waals surface area contributed by atoms with Gasteiger partial charge < -0.3 is 5.32 Å². The fraction of sp³-hybridized carbons (Fsp3) is 1.00. The van der Waals surface area contributed by atoms with Crippen molar-refractivity contribution in [2.75, 3.05) is 13.1 Å². The fourth-order valence-corrected chi connectivity index (χ4v) is 3.66. The molecule has 1 rings (SSSR count). The summed E-state index contributed by atoms with van der Waals surface area (Å²) in [5, 5.41) is 2.79. The first-order valence-corrected chi connectivity index (χ1v) is 9.02. The van der Waals surface area contributed by atoms with Gasteiger partial charge in [0.2, 0.25) is 10.0 Å². The number of hydrogen-bond donors (Lipinski definition) is 2. The smallest absolute Gasteiger partial charge is 0.215 e. The second kappa shape index (κ2) is 7.04. The van der Waals surface area contributed by atoms with E-state index in [4.69, 9.17) is 0 Å². The van der Waals surface area contributed by atoms with Crippen molar-refractivity contribution in [1.82, 2.24) is 10.0 Å². The van der Waals surface area contributed by atoms with E-state index in [2.05, 4.69) is 17.0 Å². The molecular formula is C14H30N2O2S. The molecule has 0 aromatic carbocycles. The Labute approximate surface area is 118 Å². The van der Waals surface area contributed by atoms with Crippen molar-refractivity contribution in [1.29, 1.82) is 0 Å². The molecule has 1 fully saturated rings. The van der Waals surface area contributed by atoms with Crippen molar-refractivity contribution in [3.8, 4) is 0 Å². The van der Waals surface area contributed by atoms with Crippen LogP contribution in [0.25, 0.3) is 0 Å². The molecule has 4 nitrogen and oxygen atoms in total. The Bertz CT molecular complexity index is 360. The van der Waals surface area contributed by atoms with Crippen LogP contribution in [0.2, 0.25) is 0 Å². The van der Waals surface area contributed by atoms with E-state index in [-0.39, 0.29) is 10.7 Å². The van der Waals surface area contributed by atoms with Crippen LogP contribution in [0, 0.1) is 5.41 Å². The van der Waals surface area contributed by atoms with Gasteiger partial charge >= 0.3 is 0 Å². The maximum absolute atomic E-state index is 12.2. The van der Waals surface area contributed by atoms with E-state index in [0.29, 0.717) is 19.1 Å². The number of rotatable bonds is 7. The number of nitrogens with one attached hydrogen (secondary N) is 2. The maximum Gasteiger partial charge on any atom is 0.215 e. The lowest BCUT2D eigenvalue weighted by Gasteiger charge is -2.34. The van der Waals surface area contributed by atoms with Crippen molar-refractivity contribution in [2.24, 2.45) is 5.41 Å². The normalized spacial score (nSPS) is 21.5. The van der Waals surface area contributed by atoms with Gasteiger partial charge in [0.05, 0.1) is 5.25 Å². The zero-order valence-electron chi connectivity index (χ0n) is 12.8. The molecular weight excluding hydrogens is 260 g/mol. The molecule has 5 heteroatoms. The van der Waals surface area contributed by atoms with Crippen LogP contribution in [-0.2, 0) is 10.0 Å². The SMILES string of the molecule is CC(C)NCC(C)S(=O)(=O)NCC1(C)CCCCC1. The van der Waals surface area contributed by atoms with Crippen molar-refractivity contribution in [2.45, 2.75) is 71.1 Å². The highest BCUT2D eigenvalue weighted by atomic mass is 32.2. The summed E-state index contributed by atoms with van der Waals surface area (Å²) < 4.78 is 27.2. The monoisotopic (exact) mass is 290 g/mol. The third-order valence-corrected chi connectivity index (χ3v) is 5.88. The van der Waals surface area contributed by atoms with Crippen LogP contribution >= 0.6 is 0 Å². The van der Waals surface area contributed by atoms with Crippen LogP contribution in [0.15, 0.2) is 0 Å². The molecule has 0 saturated heterocycles. The fourth-order valence-electron chi connectivity index (χ4n) is 2.51. The van der Waals surface area contributed by atoms with Crippen LogP contribution in [0.5, 0.6) is 0 Å². The molecule has 1 saturated carbocycles. The second-order valence-electron chi connectivity index (χ2n) is 6.61. The van der Waals surface area contributed by atoms with Crippen LogP contribution in [-0.4, -0.2) is 32.8 Å². The van der Waals surface area contributed by atoms with E-state index in [1.54, 1.807) is 6.92 Å². The van der Waals surface area contributed by atoms with Gasteiger partial charge in [-0.3, -0.25) is 0 Å². The molecule has 0 heterocycles. The first-order chi connectivity index (χ1) is 8.75. The summed E-state index contributed by atoms with van der Waals surface area (Å²) in [6.45, 7) is 9.10. The minimum absolute atomic E-state index is 0.149. The molecule has 0 radical (unpaired) electrons. The molecule has 114 valence electrons. The Hall–Kier alpha value is -0.130. The second-order valence-corrected chi connectivity index (χ2v) is 8.79. The lowest BCUT2D eigenvalue weighted by molar-refractivity contribution is 0.219. The predicted octanol–water partition coefficient (Wildman–Crippen LogP) is 2.26. The Balaban J connectivity index is 2.45. The summed E-state index contributed by atoms with van der Waals surface area (Å²) >= 11 is 0. The van der Waals surface area contributed by atoms with Gasteiger partial charge in [0, 0.05) is 19.1 Å². The first kappa shape index (κ1) is 16.9. The summed E-state index contributed by atoms with van der Waals surface area (Å²) in [7, 11) is -3.21. The summed E-state index contributed by atoms with van der Waals surface area (Å²) in [6, 6.07) is 0.313. The summed E-state index contributed by atoms with van der Waals surface area (Å²) in [6.07, 6.45) is 6.00. The molecule has 2 N–H and O–H groups in total. The van der Waals surface area contributed by atoms with Crippen molar-refractivity contribution >= 4 is 10.0 Å². The third-order valence-electron chi connectivity index (χ3n) is 4.10. The molecule has 1 aliphatic rings. The Morgan fingerprint density at radius 2 is 1.68 bits per heavy atom. The average molecular weight is 290 g/mol. The average Bonchev–Trinajstić information content (AvgIpc) is 2.34. The molecule has 1 unspecified atom stereocenters. The standard InChI is InChI=1S/C14H30N2O2S/c1-12(2)15-10-13(3)19(17,18)16-11-14(4)8-6-5-7-9-14/h12-13,15-16H,5-11H2,1-4H3. The van der Waals surface area contributed by atoms with Gasteiger partial charge in [0.15, 0.2) is 0 Å². The van der Waals surface area contributed by atoms with Gasteiger partial charge in [-0.1, -0.05) is 40.0 Å². The van der Waals surface area contributed by atoms with E-state index in [9.17, 15) is 8.42 Å². The van der Waals surface area contributed by atoms with E-state index >= 15 is 0 Å². The quantitative estimate of drug-likeness (QED) is 0.756. The Kier molecular flexibility index (Phi) is 6.27. The first-order valence-electron chi connectivity index (χ1n) is 7.47. The topological polar surface area (TPSA) is 58.2 Å². The van der Waals surface area contributed by atoms with Gasteiger partial charge in [-0.05, 0) is 25.2 Å². The summed E-state index contributed by atoms with van der Waals surface area (Å²) in [5.74, 6) is 0. The van der Waals surface area contributed by atoms with Crippen LogP contribution < -0.4 is 10.0 Å². The highest BCUT2D eigenvalue weighted by Gasteiger charge is 2.29. The van der Waals surface area contributed by atoms with Gasteiger partial charge in [-0.15, -0.1) is 0 Å². The molecule has 0 aromatic rings. The van der Waals surface area contributed by atoms with E-state index in [1.165, 1.54) is 19.3 Å². The molecule has 19 heavy (non-hydrogen) atoms. The molecule has 0 aliphatic heterocycles. The zero-order valence-corrected chi connectivity index (χ0v) is 13.6. The maximum atomic E-state index is 12.2. The van der Waals surface area contributed by atoms with Crippen molar-refractivity contribution in [3.05, 3.63) is 0 Å². The molecule has 0 bridgehead atoms. The molecule has 0 amide bonds. The largest absolute Gasteiger partial charge is 0.313 e. The Morgan fingerprint density at radius 1 is 1.11 bits per heavy atom. The summed E-state index contributed by atoms with van der Waals surface area (Å²) in [5.41, 5.74) is 0.149. The van der Waals surface area contributed by atoms with E-state index in [0.717, 1.165) is 12.8 Å². The van der Waals surface area contributed by atoms with Crippen molar-refractivity contribution < 1.29 is 8.42 Å². The number of hydrogen-bond acceptors (Lipinski definition) is 3. The molecule has 0 aromatic heterocycles. The van der Waals surface area contributed by atoms with Gasteiger partial charge in [-0.25, -0.2) is 13.1 Å².